The topological polar surface area (TPSA) is 20.2 Å². The van der Waals surface area contributed by atoms with Crippen molar-refractivity contribution in [1.82, 2.24) is 0 Å². The van der Waals surface area contributed by atoms with Gasteiger partial charge in [-0.15, -0.1) is 24.8 Å². The fourth-order valence-electron chi connectivity index (χ4n) is 3.64. The van der Waals surface area contributed by atoms with Crippen LogP contribution in [0.4, 0.5) is 0 Å². The van der Waals surface area contributed by atoms with Crippen LogP contribution < -0.4 is 0 Å². The maximum Gasteiger partial charge on any atom is 0.126 e. The zero-order valence-electron chi connectivity index (χ0n) is 18.5. The summed E-state index contributed by atoms with van der Waals surface area (Å²) in [5, 5.41) is 11.1. The minimum absolute atomic E-state index is 0. The zero-order valence-corrected chi connectivity index (χ0v) is 21.7. The van der Waals surface area contributed by atoms with Crippen molar-refractivity contribution in [1.29, 1.82) is 0 Å². The average Bonchev–Trinajstić information content (AvgIpc) is 2.61. The van der Waals surface area contributed by atoms with Gasteiger partial charge in [0.05, 0.1) is 0 Å². The second-order valence-electron chi connectivity index (χ2n) is 9.49. The first-order chi connectivity index (χ1) is 10.8. The maximum absolute atomic E-state index is 11.1. The number of allylic oxidation sites excluding steroid dienone is 4. The SMILES string of the molecule is CC1=C(C)C(C)C(c2cc(C(C)(C)C)cc(C(C)(C)C)c2O)=C1C.Cl.Cl.[Ti]. The maximum atomic E-state index is 11.1. The predicted molar refractivity (Wildman–Crippen MR) is 120 cm³/mol. The Morgan fingerprint density at radius 1 is 0.815 bits per heavy atom. The first-order valence-corrected chi connectivity index (χ1v) is 9.03. The van der Waals surface area contributed by atoms with E-state index in [0.717, 1.165) is 11.1 Å². The number of hydrogen-bond donors (Lipinski definition) is 1. The minimum Gasteiger partial charge on any atom is -0.507 e. The van der Waals surface area contributed by atoms with Gasteiger partial charge >= 0.3 is 0 Å². The van der Waals surface area contributed by atoms with Crippen molar-refractivity contribution in [3.05, 3.63) is 45.5 Å². The van der Waals surface area contributed by atoms with Crippen LogP contribution in [0.15, 0.2) is 28.9 Å². The van der Waals surface area contributed by atoms with Crippen LogP contribution in [0, 0.1) is 5.92 Å². The van der Waals surface area contributed by atoms with Crippen molar-refractivity contribution in [2.45, 2.75) is 80.1 Å². The summed E-state index contributed by atoms with van der Waals surface area (Å²) in [5.74, 6) is 0.818. The average molecular weight is 447 g/mol. The molecule has 0 amide bonds. The van der Waals surface area contributed by atoms with Crippen LogP contribution in [-0.2, 0) is 32.5 Å². The first kappa shape index (κ1) is 29.0. The van der Waals surface area contributed by atoms with Crippen molar-refractivity contribution in [2.24, 2.45) is 5.92 Å². The van der Waals surface area contributed by atoms with Gasteiger partial charge < -0.3 is 5.11 Å². The Hall–Kier alpha value is -0.206. The number of halogens is 2. The van der Waals surface area contributed by atoms with Crippen LogP contribution in [0.25, 0.3) is 5.57 Å². The molecule has 1 aliphatic carbocycles. The molecule has 0 fully saturated rings. The summed E-state index contributed by atoms with van der Waals surface area (Å²) in [5.41, 5.74) is 8.71. The third kappa shape index (κ3) is 5.44. The third-order valence-electron chi connectivity index (χ3n) is 5.71. The Bertz CT molecular complexity index is 747. The standard InChI is InChI=1S/C23H34O.2ClH.Ti/c1-13-14(2)16(4)20(15(13)3)18-11-17(22(5,6)7)12-19(21(18)24)23(8,9)10;;;/h11-12,15,24H,1-10H3;2*1H;. The molecule has 152 valence electrons. The number of aromatic hydroxyl groups is 1. The Kier molecular flexibility index (Phi) is 10.2. The molecule has 27 heavy (non-hydrogen) atoms. The van der Waals surface area contributed by atoms with Crippen LogP contribution >= 0.6 is 24.8 Å². The van der Waals surface area contributed by atoms with E-state index in [1.807, 2.05) is 0 Å². The number of benzene rings is 1. The van der Waals surface area contributed by atoms with E-state index in [-0.39, 0.29) is 57.4 Å². The molecule has 1 aromatic carbocycles. The Morgan fingerprint density at radius 2 is 1.30 bits per heavy atom. The van der Waals surface area contributed by atoms with E-state index < -0.39 is 0 Å². The van der Waals surface area contributed by atoms with Gasteiger partial charge in [-0.2, -0.15) is 0 Å². The molecule has 0 radical (unpaired) electrons. The second-order valence-corrected chi connectivity index (χ2v) is 9.49. The van der Waals surface area contributed by atoms with Gasteiger partial charge in [0.2, 0.25) is 0 Å². The van der Waals surface area contributed by atoms with Gasteiger partial charge in [0.1, 0.15) is 5.75 Å². The van der Waals surface area contributed by atoms with Crippen molar-refractivity contribution >= 4 is 30.4 Å². The number of phenolic OH excluding ortho intramolecular Hbond substituents is 1. The van der Waals surface area contributed by atoms with Crippen molar-refractivity contribution < 1.29 is 26.8 Å². The van der Waals surface area contributed by atoms with Gasteiger partial charge in [-0.25, -0.2) is 0 Å². The van der Waals surface area contributed by atoms with Crippen LogP contribution in [0.1, 0.15) is 85.9 Å². The van der Waals surface area contributed by atoms with Gasteiger partial charge in [0.25, 0.3) is 0 Å². The molecular formula is C23H36Cl2OTi. The second kappa shape index (κ2) is 9.53. The Balaban J connectivity index is 0. The molecule has 0 saturated carbocycles. The van der Waals surface area contributed by atoms with E-state index in [9.17, 15) is 5.11 Å². The fourth-order valence-corrected chi connectivity index (χ4v) is 3.64. The van der Waals surface area contributed by atoms with Crippen molar-refractivity contribution in [2.75, 3.05) is 0 Å². The van der Waals surface area contributed by atoms with Gasteiger partial charge in [-0.1, -0.05) is 60.1 Å². The molecule has 0 aliphatic heterocycles. The largest absolute Gasteiger partial charge is 0.507 e. The molecule has 1 atom stereocenters. The molecule has 0 aromatic heterocycles. The zero-order chi connectivity index (χ0) is 18.6. The monoisotopic (exact) mass is 446 g/mol. The summed E-state index contributed by atoms with van der Waals surface area (Å²) >= 11 is 0. The van der Waals surface area contributed by atoms with E-state index in [4.69, 9.17) is 0 Å². The van der Waals surface area contributed by atoms with Crippen molar-refractivity contribution in [3.8, 4) is 5.75 Å². The molecule has 0 saturated heterocycles. The summed E-state index contributed by atoms with van der Waals surface area (Å²) in [6, 6.07) is 4.41. The summed E-state index contributed by atoms with van der Waals surface area (Å²) in [7, 11) is 0. The summed E-state index contributed by atoms with van der Waals surface area (Å²) in [6.45, 7) is 22.1. The Morgan fingerprint density at radius 3 is 1.63 bits per heavy atom. The molecule has 0 spiro atoms. The van der Waals surface area contributed by atoms with Crippen LogP contribution in [0.3, 0.4) is 0 Å². The molecule has 0 heterocycles. The number of hydrogen-bond acceptors (Lipinski definition) is 1. The molecular weight excluding hydrogens is 411 g/mol. The van der Waals surface area contributed by atoms with E-state index in [2.05, 4.69) is 81.4 Å². The normalized spacial score (nSPS) is 17.3. The molecule has 2 rings (SSSR count). The third-order valence-corrected chi connectivity index (χ3v) is 5.71. The van der Waals surface area contributed by atoms with Crippen molar-refractivity contribution in [3.63, 3.8) is 0 Å². The van der Waals surface area contributed by atoms with Crippen LogP contribution in [0.2, 0.25) is 0 Å². The summed E-state index contributed by atoms with van der Waals surface area (Å²) in [6.07, 6.45) is 0. The first-order valence-electron chi connectivity index (χ1n) is 9.03. The fraction of sp³-hybridized carbons (Fsp3) is 0.565. The molecule has 1 unspecified atom stereocenters. The van der Waals surface area contributed by atoms with E-state index in [1.165, 1.54) is 27.9 Å². The van der Waals surface area contributed by atoms with Gasteiger partial charge in [-0.3, -0.25) is 0 Å². The number of rotatable bonds is 1. The molecule has 0 bridgehead atoms. The van der Waals surface area contributed by atoms with Crippen LogP contribution in [-0.4, -0.2) is 5.11 Å². The molecule has 1 nitrogen and oxygen atoms in total. The molecule has 1 N–H and O–H groups in total. The van der Waals surface area contributed by atoms with Gasteiger partial charge in [0, 0.05) is 38.8 Å². The quantitative estimate of drug-likeness (QED) is 0.440. The predicted octanol–water partition coefficient (Wildman–Crippen LogP) is 7.59. The smallest absolute Gasteiger partial charge is 0.126 e. The van der Waals surface area contributed by atoms with E-state index >= 15 is 0 Å². The van der Waals surface area contributed by atoms with Gasteiger partial charge in [0.15, 0.2) is 0 Å². The van der Waals surface area contributed by atoms with E-state index in [1.54, 1.807) is 0 Å². The number of phenols is 1. The summed E-state index contributed by atoms with van der Waals surface area (Å²) < 4.78 is 0. The van der Waals surface area contributed by atoms with Crippen LogP contribution in [0.5, 0.6) is 5.75 Å². The van der Waals surface area contributed by atoms with E-state index in [0.29, 0.717) is 11.7 Å². The molecule has 4 heteroatoms. The molecule has 1 aromatic rings. The molecule has 1 aliphatic rings. The Labute approximate surface area is 193 Å². The summed E-state index contributed by atoms with van der Waals surface area (Å²) in [4.78, 5) is 0. The minimum atomic E-state index is -0.0894. The van der Waals surface area contributed by atoms with Gasteiger partial charge in [-0.05, 0) is 60.0 Å².